The van der Waals surface area contributed by atoms with Crippen LogP contribution in [0.1, 0.15) is 87.1 Å². The van der Waals surface area contributed by atoms with Gasteiger partial charge in [0.2, 0.25) is 0 Å². The van der Waals surface area contributed by atoms with Crippen molar-refractivity contribution in [3.63, 3.8) is 0 Å². The zero-order chi connectivity index (χ0) is 24.5. The van der Waals surface area contributed by atoms with Crippen LogP contribution in [0.2, 0.25) is 0 Å². The summed E-state index contributed by atoms with van der Waals surface area (Å²) in [7, 11) is 2.86. The Hall–Kier alpha value is -2.95. The molecule has 2 rings (SSSR count). The van der Waals surface area contributed by atoms with E-state index >= 15 is 0 Å². The van der Waals surface area contributed by atoms with Crippen LogP contribution in [0.25, 0.3) is 0 Å². The number of hydrogen-bond acceptors (Lipinski definition) is 5. The summed E-state index contributed by atoms with van der Waals surface area (Å²) in [6.45, 7) is 3.82. The molecule has 0 bridgehead atoms. The minimum atomic E-state index is -0.382. The Morgan fingerprint density at radius 3 is 2.00 bits per heavy atom. The molecule has 0 amide bonds. The van der Waals surface area contributed by atoms with Gasteiger partial charge in [-0.15, -0.1) is 0 Å². The van der Waals surface area contributed by atoms with Crippen LogP contribution in [0, 0.1) is 0 Å². The molecule has 2 aromatic carbocycles. The molecule has 0 heterocycles. The van der Waals surface area contributed by atoms with Crippen LogP contribution in [0.15, 0.2) is 54.6 Å². The predicted molar refractivity (Wildman–Crippen MR) is 132 cm³/mol. The lowest BCUT2D eigenvalue weighted by Crippen LogP contribution is -2.03. The minimum Gasteiger partial charge on any atom is -0.496 e. The molecule has 0 fully saturated rings. The number of rotatable bonds is 13. The molecule has 5 nitrogen and oxygen atoms in total. The lowest BCUT2D eigenvalue weighted by atomic mass is 9.94. The summed E-state index contributed by atoms with van der Waals surface area (Å²) in [5, 5.41) is 0. The summed E-state index contributed by atoms with van der Waals surface area (Å²) >= 11 is 0. The van der Waals surface area contributed by atoms with Crippen LogP contribution < -0.4 is 4.74 Å². The molecule has 180 valence electrons. The van der Waals surface area contributed by atoms with Gasteiger partial charge in [-0.1, -0.05) is 62.2 Å². The maximum atomic E-state index is 11.9. The highest BCUT2D eigenvalue weighted by atomic mass is 16.5. The van der Waals surface area contributed by atoms with Crippen LogP contribution in [-0.2, 0) is 14.3 Å². The largest absolute Gasteiger partial charge is 0.496 e. The number of carbonyl (C=O) groups excluding carboxylic acids is 3. The van der Waals surface area contributed by atoms with Gasteiger partial charge >= 0.3 is 5.97 Å². The van der Waals surface area contributed by atoms with Crippen LogP contribution in [0.3, 0.4) is 0 Å². The Bertz CT molecular complexity index is 844. The van der Waals surface area contributed by atoms with Crippen molar-refractivity contribution >= 4 is 17.5 Å². The Balaban J connectivity index is 0.000000383. The molecule has 0 aliphatic rings. The van der Waals surface area contributed by atoms with Gasteiger partial charge in [0.05, 0.1) is 14.2 Å². The van der Waals surface area contributed by atoms with E-state index in [1.54, 1.807) is 31.2 Å². The lowest BCUT2D eigenvalue weighted by molar-refractivity contribution is -0.119. The highest BCUT2D eigenvalue weighted by molar-refractivity contribution is 5.92. The smallest absolute Gasteiger partial charge is 0.341 e. The topological polar surface area (TPSA) is 69.7 Å². The molecule has 0 aliphatic carbocycles. The van der Waals surface area contributed by atoms with E-state index in [1.807, 2.05) is 6.07 Å². The first-order valence-electron chi connectivity index (χ1n) is 11.7. The van der Waals surface area contributed by atoms with Crippen molar-refractivity contribution in [2.45, 2.75) is 71.1 Å². The van der Waals surface area contributed by atoms with Crippen LogP contribution in [0.4, 0.5) is 0 Å². The van der Waals surface area contributed by atoms with E-state index in [0.717, 1.165) is 32.1 Å². The fourth-order valence-electron chi connectivity index (χ4n) is 3.42. The number of methoxy groups -OCH3 is 2. The van der Waals surface area contributed by atoms with Gasteiger partial charge in [0.25, 0.3) is 0 Å². The van der Waals surface area contributed by atoms with E-state index in [2.05, 4.69) is 35.9 Å². The van der Waals surface area contributed by atoms with Crippen molar-refractivity contribution in [2.75, 3.05) is 14.2 Å². The van der Waals surface area contributed by atoms with E-state index in [9.17, 15) is 14.4 Å². The SMILES string of the molecule is CC(=O)CCCCCCC(=O)CCC(C)c1ccccc1.COC(=O)c1ccccc1OC. The molecule has 5 heteroatoms. The molecule has 0 radical (unpaired) electrons. The Morgan fingerprint density at radius 1 is 0.788 bits per heavy atom. The molecule has 0 spiro atoms. The van der Waals surface area contributed by atoms with Crippen LogP contribution >= 0.6 is 0 Å². The van der Waals surface area contributed by atoms with Crippen molar-refractivity contribution in [1.82, 2.24) is 0 Å². The number of Topliss-reactive ketones (excluding diaryl/α,β-unsaturated/α-hetero) is 2. The molecule has 2 aromatic rings. The van der Waals surface area contributed by atoms with E-state index < -0.39 is 0 Å². The zero-order valence-corrected chi connectivity index (χ0v) is 20.5. The average Bonchev–Trinajstić information content (AvgIpc) is 2.84. The molecule has 0 saturated carbocycles. The normalized spacial score (nSPS) is 11.0. The summed E-state index contributed by atoms with van der Waals surface area (Å²) in [6.07, 6.45) is 7.06. The second-order valence-electron chi connectivity index (χ2n) is 8.20. The second-order valence-corrected chi connectivity index (χ2v) is 8.20. The lowest BCUT2D eigenvalue weighted by Gasteiger charge is -2.11. The molecule has 0 aromatic heterocycles. The van der Waals surface area contributed by atoms with Gasteiger partial charge in [0, 0.05) is 19.3 Å². The number of benzene rings is 2. The van der Waals surface area contributed by atoms with E-state index in [4.69, 9.17) is 4.74 Å². The predicted octanol–water partition coefficient (Wildman–Crippen LogP) is 6.55. The summed E-state index contributed by atoms with van der Waals surface area (Å²) in [5.41, 5.74) is 1.76. The van der Waals surface area contributed by atoms with Crippen molar-refractivity contribution in [1.29, 1.82) is 0 Å². The Labute approximate surface area is 198 Å². The van der Waals surface area contributed by atoms with E-state index in [0.29, 0.717) is 42.3 Å². The number of ketones is 2. The van der Waals surface area contributed by atoms with Crippen molar-refractivity contribution < 1.29 is 23.9 Å². The van der Waals surface area contributed by atoms with E-state index in [1.165, 1.54) is 19.8 Å². The van der Waals surface area contributed by atoms with Gasteiger partial charge in [-0.05, 0) is 49.8 Å². The number of para-hydroxylation sites is 1. The van der Waals surface area contributed by atoms with Crippen LogP contribution in [-0.4, -0.2) is 31.8 Å². The second kappa shape index (κ2) is 16.7. The Morgan fingerprint density at radius 2 is 1.39 bits per heavy atom. The molecular formula is C28H38O5. The standard InChI is InChI=1S/C19H28O2.C9H10O3/c1-16(18-11-7-5-8-12-18)14-15-19(21)13-9-4-3-6-10-17(2)20;1-11-8-6-4-3-5-7(8)9(10)12-2/h5,7-8,11-12,16H,3-4,6,9-10,13-15H2,1-2H3;3-6H,1-2H3. The van der Waals surface area contributed by atoms with Gasteiger partial charge in [-0.25, -0.2) is 4.79 Å². The molecule has 0 aliphatic heterocycles. The molecule has 0 N–H and O–H groups in total. The summed E-state index contributed by atoms with van der Waals surface area (Å²) in [4.78, 5) is 33.8. The maximum Gasteiger partial charge on any atom is 0.341 e. The quantitative estimate of drug-likeness (QED) is 0.253. The minimum absolute atomic E-state index is 0.265. The van der Waals surface area contributed by atoms with Gasteiger partial charge < -0.3 is 14.3 Å². The average molecular weight is 455 g/mol. The highest BCUT2D eigenvalue weighted by Crippen LogP contribution is 2.21. The monoisotopic (exact) mass is 454 g/mol. The third kappa shape index (κ3) is 12.0. The van der Waals surface area contributed by atoms with E-state index in [-0.39, 0.29) is 11.8 Å². The number of ether oxygens (including phenoxy) is 2. The first-order valence-corrected chi connectivity index (χ1v) is 11.7. The molecule has 33 heavy (non-hydrogen) atoms. The number of carbonyl (C=O) groups is 3. The third-order valence-electron chi connectivity index (χ3n) is 5.47. The number of esters is 1. The van der Waals surface area contributed by atoms with Gasteiger partial charge in [0.15, 0.2) is 0 Å². The molecule has 1 unspecified atom stereocenters. The van der Waals surface area contributed by atoms with Crippen molar-refractivity contribution in [3.8, 4) is 5.75 Å². The summed E-state index contributed by atoms with van der Waals surface area (Å²) in [6, 6.07) is 17.3. The summed E-state index contributed by atoms with van der Waals surface area (Å²) < 4.78 is 9.53. The summed E-state index contributed by atoms with van der Waals surface area (Å²) in [5.74, 6) is 1.24. The zero-order valence-electron chi connectivity index (χ0n) is 20.5. The highest BCUT2D eigenvalue weighted by Gasteiger charge is 2.10. The van der Waals surface area contributed by atoms with Crippen molar-refractivity contribution in [3.05, 3.63) is 65.7 Å². The molecular weight excluding hydrogens is 416 g/mol. The maximum absolute atomic E-state index is 11.9. The number of unbranched alkanes of at least 4 members (excludes halogenated alkanes) is 3. The fraction of sp³-hybridized carbons (Fsp3) is 0.464. The van der Waals surface area contributed by atoms with Gasteiger partial charge in [-0.2, -0.15) is 0 Å². The third-order valence-corrected chi connectivity index (χ3v) is 5.47. The first kappa shape index (κ1) is 28.1. The first-order chi connectivity index (χ1) is 15.9. The Kier molecular flexibility index (Phi) is 14.2. The van der Waals surface area contributed by atoms with Gasteiger partial charge in [-0.3, -0.25) is 4.79 Å². The van der Waals surface area contributed by atoms with Crippen molar-refractivity contribution in [2.24, 2.45) is 0 Å². The fourth-order valence-corrected chi connectivity index (χ4v) is 3.42. The molecule has 1 atom stereocenters. The molecule has 0 saturated heterocycles. The van der Waals surface area contributed by atoms with Crippen LogP contribution in [0.5, 0.6) is 5.75 Å². The van der Waals surface area contributed by atoms with Gasteiger partial charge in [0.1, 0.15) is 22.9 Å². The number of hydrogen-bond donors (Lipinski definition) is 0.